The molecule has 1 unspecified atom stereocenters. The Labute approximate surface area is 112 Å². The van der Waals surface area contributed by atoms with Gasteiger partial charge in [0.1, 0.15) is 5.82 Å². The number of benzene rings is 1. The van der Waals surface area contributed by atoms with Crippen LogP contribution < -0.4 is 11.1 Å². The number of nitrogens with two attached hydrogens (primary N) is 1. The second kappa shape index (κ2) is 4.72. The average Bonchev–Trinajstić information content (AvgIpc) is 2.90. The lowest BCUT2D eigenvalue weighted by Crippen LogP contribution is -2.13. The number of halogens is 1. The summed E-state index contributed by atoms with van der Waals surface area (Å²) in [7, 11) is 0. The number of ether oxygens (including phenoxy) is 1. The van der Waals surface area contributed by atoms with E-state index in [1.165, 1.54) is 6.07 Å². The van der Waals surface area contributed by atoms with E-state index >= 15 is 0 Å². The number of hydrogen-bond acceptors (Lipinski definition) is 4. The molecular weight excluding hydrogens is 247 g/mol. The van der Waals surface area contributed by atoms with E-state index in [-0.39, 0.29) is 29.3 Å². The molecule has 1 fully saturated rings. The molecule has 0 aromatic heterocycles. The molecule has 104 valence electrons. The topological polar surface area (TPSA) is 64.3 Å². The van der Waals surface area contributed by atoms with E-state index in [0.717, 1.165) is 12.5 Å². The monoisotopic (exact) mass is 266 g/mol. The van der Waals surface area contributed by atoms with Gasteiger partial charge in [-0.25, -0.2) is 9.18 Å². The lowest BCUT2D eigenvalue weighted by Gasteiger charge is -2.12. The SMILES string of the molecule is CCOC(=O)c1cc(NC2CC2(C)C)c(F)cc1N. The molecule has 1 aromatic rings. The van der Waals surface area contributed by atoms with Crippen LogP contribution >= 0.6 is 0 Å². The summed E-state index contributed by atoms with van der Waals surface area (Å²) in [4.78, 5) is 11.7. The number of rotatable bonds is 4. The van der Waals surface area contributed by atoms with Gasteiger partial charge in [0.05, 0.1) is 17.9 Å². The van der Waals surface area contributed by atoms with Gasteiger partial charge in [0.25, 0.3) is 0 Å². The maximum absolute atomic E-state index is 13.8. The largest absolute Gasteiger partial charge is 0.462 e. The number of nitrogen functional groups attached to an aromatic ring is 1. The lowest BCUT2D eigenvalue weighted by atomic mass is 10.1. The first kappa shape index (κ1) is 13.6. The van der Waals surface area contributed by atoms with E-state index in [1.807, 2.05) is 0 Å². The van der Waals surface area contributed by atoms with E-state index in [9.17, 15) is 9.18 Å². The van der Waals surface area contributed by atoms with Crippen LogP contribution in [0.4, 0.5) is 15.8 Å². The summed E-state index contributed by atoms with van der Waals surface area (Å²) in [5.41, 5.74) is 6.41. The molecule has 1 aliphatic carbocycles. The van der Waals surface area contributed by atoms with E-state index in [0.29, 0.717) is 5.69 Å². The second-order valence-corrected chi connectivity index (χ2v) is 5.53. The molecule has 1 atom stereocenters. The third-order valence-corrected chi connectivity index (χ3v) is 3.48. The highest BCUT2D eigenvalue weighted by Gasteiger charge is 2.46. The van der Waals surface area contributed by atoms with Crippen LogP contribution in [-0.4, -0.2) is 18.6 Å². The minimum Gasteiger partial charge on any atom is -0.462 e. The molecule has 0 amide bonds. The molecule has 4 nitrogen and oxygen atoms in total. The van der Waals surface area contributed by atoms with Gasteiger partial charge in [0, 0.05) is 11.7 Å². The molecule has 1 aliphatic rings. The van der Waals surface area contributed by atoms with Crippen LogP contribution in [-0.2, 0) is 4.74 Å². The molecule has 2 rings (SSSR count). The third-order valence-electron chi connectivity index (χ3n) is 3.48. The first-order valence-electron chi connectivity index (χ1n) is 6.38. The smallest absolute Gasteiger partial charge is 0.340 e. The maximum Gasteiger partial charge on any atom is 0.340 e. The Bertz CT molecular complexity index is 514. The molecule has 0 heterocycles. The van der Waals surface area contributed by atoms with Crippen LogP contribution in [0.2, 0.25) is 0 Å². The van der Waals surface area contributed by atoms with Crippen LogP contribution in [0.15, 0.2) is 12.1 Å². The highest BCUT2D eigenvalue weighted by Crippen LogP contribution is 2.46. The van der Waals surface area contributed by atoms with Gasteiger partial charge in [-0.15, -0.1) is 0 Å². The van der Waals surface area contributed by atoms with Crippen molar-refractivity contribution in [3.63, 3.8) is 0 Å². The molecule has 0 saturated heterocycles. The predicted octanol–water partition coefficient (Wildman–Crippen LogP) is 2.79. The highest BCUT2D eigenvalue weighted by molar-refractivity contribution is 5.96. The number of anilines is 2. The molecule has 0 bridgehead atoms. The summed E-state index contributed by atoms with van der Waals surface area (Å²) in [5.74, 6) is -0.980. The lowest BCUT2D eigenvalue weighted by molar-refractivity contribution is 0.0527. The predicted molar refractivity (Wildman–Crippen MR) is 72.6 cm³/mol. The van der Waals surface area contributed by atoms with Gasteiger partial charge in [-0.1, -0.05) is 13.8 Å². The summed E-state index contributed by atoms with van der Waals surface area (Å²) in [6.45, 7) is 6.18. The Morgan fingerprint density at radius 3 is 2.74 bits per heavy atom. The first-order valence-corrected chi connectivity index (χ1v) is 6.38. The Morgan fingerprint density at radius 1 is 1.58 bits per heavy atom. The van der Waals surface area contributed by atoms with Crippen molar-refractivity contribution in [2.45, 2.75) is 33.2 Å². The van der Waals surface area contributed by atoms with Crippen molar-refractivity contribution in [2.75, 3.05) is 17.7 Å². The summed E-state index contributed by atoms with van der Waals surface area (Å²) in [6, 6.07) is 2.81. The third kappa shape index (κ3) is 2.80. The van der Waals surface area contributed by atoms with Gasteiger partial charge >= 0.3 is 5.97 Å². The van der Waals surface area contributed by atoms with Gasteiger partial charge < -0.3 is 15.8 Å². The van der Waals surface area contributed by atoms with E-state index < -0.39 is 11.8 Å². The molecule has 5 heteroatoms. The minimum atomic E-state index is -0.530. The van der Waals surface area contributed by atoms with E-state index in [4.69, 9.17) is 10.5 Å². The number of esters is 1. The number of nitrogens with one attached hydrogen (secondary N) is 1. The van der Waals surface area contributed by atoms with Gasteiger partial charge in [-0.3, -0.25) is 0 Å². The van der Waals surface area contributed by atoms with Gasteiger partial charge in [0.15, 0.2) is 0 Å². The van der Waals surface area contributed by atoms with Crippen molar-refractivity contribution in [3.8, 4) is 0 Å². The molecule has 0 radical (unpaired) electrons. The summed E-state index contributed by atoms with van der Waals surface area (Å²) in [5, 5.41) is 3.10. The van der Waals surface area contributed by atoms with Crippen LogP contribution in [0.25, 0.3) is 0 Å². The molecule has 0 aliphatic heterocycles. The minimum absolute atomic E-state index is 0.0940. The van der Waals surface area contributed by atoms with Gasteiger partial charge in [-0.05, 0) is 30.9 Å². The fraction of sp³-hybridized carbons (Fsp3) is 0.500. The Hall–Kier alpha value is -1.78. The Balaban J connectivity index is 2.24. The highest BCUT2D eigenvalue weighted by atomic mass is 19.1. The van der Waals surface area contributed by atoms with Crippen LogP contribution in [0.5, 0.6) is 0 Å². The van der Waals surface area contributed by atoms with Gasteiger partial charge in [-0.2, -0.15) is 0 Å². The second-order valence-electron chi connectivity index (χ2n) is 5.53. The average molecular weight is 266 g/mol. The summed E-state index contributed by atoms with van der Waals surface area (Å²) < 4.78 is 18.7. The normalized spacial score (nSPS) is 19.9. The van der Waals surface area contributed by atoms with Crippen molar-refractivity contribution in [1.82, 2.24) is 0 Å². The van der Waals surface area contributed by atoms with Crippen molar-refractivity contribution in [2.24, 2.45) is 5.41 Å². The van der Waals surface area contributed by atoms with Gasteiger partial charge in [0.2, 0.25) is 0 Å². The maximum atomic E-state index is 13.8. The number of hydrogen-bond donors (Lipinski definition) is 2. The zero-order chi connectivity index (χ0) is 14.2. The quantitative estimate of drug-likeness (QED) is 0.649. The standard InChI is InChI=1S/C14H19FN2O2/c1-4-19-13(18)8-5-11(9(15)6-10(8)16)17-12-7-14(12,2)3/h5-6,12,17H,4,7,16H2,1-3H3. The first-order chi connectivity index (χ1) is 8.85. The molecule has 19 heavy (non-hydrogen) atoms. The zero-order valence-corrected chi connectivity index (χ0v) is 11.4. The Kier molecular flexibility index (Phi) is 3.39. The van der Waals surface area contributed by atoms with E-state index in [1.54, 1.807) is 6.92 Å². The molecular formula is C14H19FN2O2. The fourth-order valence-electron chi connectivity index (χ4n) is 1.99. The summed E-state index contributed by atoms with van der Waals surface area (Å²) in [6.07, 6.45) is 0.978. The van der Waals surface area contributed by atoms with E-state index in [2.05, 4.69) is 19.2 Å². The fourth-order valence-corrected chi connectivity index (χ4v) is 1.99. The number of carbonyl (C=O) groups is 1. The van der Waals surface area contributed by atoms with Crippen LogP contribution in [0, 0.1) is 11.2 Å². The van der Waals surface area contributed by atoms with Crippen LogP contribution in [0.1, 0.15) is 37.6 Å². The zero-order valence-electron chi connectivity index (χ0n) is 11.4. The Morgan fingerprint density at radius 2 is 2.21 bits per heavy atom. The van der Waals surface area contributed by atoms with Crippen molar-refractivity contribution >= 4 is 17.3 Å². The van der Waals surface area contributed by atoms with Crippen molar-refractivity contribution in [3.05, 3.63) is 23.5 Å². The van der Waals surface area contributed by atoms with Crippen molar-refractivity contribution in [1.29, 1.82) is 0 Å². The molecule has 1 saturated carbocycles. The van der Waals surface area contributed by atoms with Crippen LogP contribution in [0.3, 0.4) is 0 Å². The number of carbonyl (C=O) groups excluding carboxylic acids is 1. The van der Waals surface area contributed by atoms with Crippen molar-refractivity contribution < 1.29 is 13.9 Å². The molecule has 3 N–H and O–H groups in total. The molecule has 0 spiro atoms. The summed E-state index contributed by atoms with van der Waals surface area (Å²) >= 11 is 0. The molecule has 1 aromatic carbocycles.